The quantitative estimate of drug-likeness (QED) is 0.374. The van der Waals surface area contributed by atoms with Gasteiger partial charge in [0.1, 0.15) is 0 Å². The van der Waals surface area contributed by atoms with Crippen molar-refractivity contribution in [2.75, 3.05) is 5.88 Å². The molecule has 1 rings (SSSR count). The first-order valence-corrected chi connectivity index (χ1v) is 2.52. The van der Waals surface area contributed by atoms with Crippen molar-refractivity contribution in [2.24, 2.45) is 0 Å². The lowest BCUT2D eigenvalue weighted by Gasteiger charge is -1.85. The number of carbonyl (C=O) groups excluding carboxylic acids is 1. The highest BCUT2D eigenvalue weighted by atomic mass is 35.5. The number of ether oxygens (including phenoxy) is 1. The molecule has 7 heavy (non-hydrogen) atoms. The van der Waals surface area contributed by atoms with Gasteiger partial charge in [0.25, 0.3) is 0 Å². The molecule has 0 amide bonds. The Morgan fingerprint density at radius 1 is 2.00 bits per heavy atom. The molecular formula is C4H5ClO2. The lowest BCUT2D eigenvalue weighted by Crippen LogP contribution is -2.07. The zero-order valence-corrected chi connectivity index (χ0v) is 4.66. The van der Waals surface area contributed by atoms with Crippen molar-refractivity contribution in [1.29, 1.82) is 0 Å². The molecule has 1 fully saturated rings. The summed E-state index contributed by atoms with van der Waals surface area (Å²) in [5.41, 5.74) is -0.623. The van der Waals surface area contributed by atoms with Crippen LogP contribution in [0.1, 0.15) is 6.92 Å². The molecule has 1 aliphatic rings. The van der Waals surface area contributed by atoms with Crippen LogP contribution in [-0.2, 0) is 9.53 Å². The molecule has 1 aliphatic heterocycles. The molecule has 1 atom stereocenters. The predicted molar refractivity (Wildman–Crippen MR) is 25.2 cm³/mol. The molecule has 0 aromatic heterocycles. The van der Waals surface area contributed by atoms with Crippen LogP contribution < -0.4 is 0 Å². The lowest BCUT2D eigenvalue weighted by molar-refractivity contribution is -0.117. The van der Waals surface area contributed by atoms with Crippen molar-refractivity contribution in [2.45, 2.75) is 12.5 Å². The van der Waals surface area contributed by atoms with E-state index >= 15 is 0 Å². The van der Waals surface area contributed by atoms with Crippen LogP contribution >= 0.6 is 11.6 Å². The highest BCUT2D eigenvalue weighted by Gasteiger charge is 2.52. The minimum Gasteiger partial charge on any atom is -0.443 e. The molecule has 40 valence electrons. The van der Waals surface area contributed by atoms with Gasteiger partial charge < -0.3 is 4.74 Å². The Morgan fingerprint density at radius 2 is 2.43 bits per heavy atom. The van der Waals surface area contributed by atoms with Gasteiger partial charge in [0, 0.05) is 0 Å². The molecule has 2 nitrogen and oxygen atoms in total. The Hall–Kier alpha value is -0.240. The average Bonchev–Trinajstić information content (AvgIpc) is 2.18. The van der Waals surface area contributed by atoms with Crippen molar-refractivity contribution < 1.29 is 9.53 Å². The molecule has 0 aromatic rings. The van der Waals surface area contributed by atoms with E-state index in [1.165, 1.54) is 0 Å². The second-order valence-electron chi connectivity index (χ2n) is 1.75. The number of hydrogen-bond acceptors (Lipinski definition) is 2. The zero-order chi connectivity index (χ0) is 5.49. The highest BCUT2D eigenvalue weighted by molar-refractivity contribution is 6.21. The first kappa shape index (κ1) is 4.91. The van der Waals surface area contributed by atoms with Gasteiger partial charge in [-0.25, -0.2) is 4.79 Å². The van der Waals surface area contributed by atoms with Gasteiger partial charge in [0.2, 0.25) is 5.60 Å². The Kier molecular flexibility index (Phi) is 0.790. The van der Waals surface area contributed by atoms with E-state index in [1.807, 2.05) is 0 Å². The van der Waals surface area contributed by atoms with Crippen LogP contribution in [0.2, 0.25) is 0 Å². The van der Waals surface area contributed by atoms with E-state index in [0.29, 0.717) is 0 Å². The Bertz CT molecular complexity index is 112. The molecule has 1 heterocycles. The fourth-order valence-corrected chi connectivity index (χ4v) is 0.425. The van der Waals surface area contributed by atoms with E-state index in [9.17, 15) is 4.79 Å². The third-order valence-electron chi connectivity index (χ3n) is 0.963. The maximum absolute atomic E-state index is 10.1. The molecular weight excluding hydrogens is 115 g/mol. The molecule has 0 bridgehead atoms. The van der Waals surface area contributed by atoms with Gasteiger partial charge in [0.05, 0.1) is 5.88 Å². The summed E-state index contributed by atoms with van der Waals surface area (Å²) >= 11 is 5.29. The monoisotopic (exact) mass is 120 g/mol. The van der Waals surface area contributed by atoms with Gasteiger partial charge in [-0.2, -0.15) is 0 Å². The van der Waals surface area contributed by atoms with E-state index in [0.717, 1.165) is 0 Å². The van der Waals surface area contributed by atoms with Gasteiger partial charge in [-0.1, -0.05) is 0 Å². The number of halogens is 1. The Labute approximate surface area is 46.4 Å². The SMILES string of the molecule is CC1(CCl)OC1=O. The minimum absolute atomic E-state index is 0.192. The fraction of sp³-hybridized carbons (Fsp3) is 0.750. The second-order valence-corrected chi connectivity index (χ2v) is 2.02. The maximum Gasteiger partial charge on any atom is 0.352 e. The van der Waals surface area contributed by atoms with Crippen molar-refractivity contribution in [1.82, 2.24) is 0 Å². The maximum atomic E-state index is 10.1. The van der Waals surface area contributed by atoms with Crippen LogP contribution in [0.3, 0.4) is 0 Å². The summed E-state index contributed by atoms with van der Waals surface area (Å²) in [4.78, 5) is 10.1. The minimum atomic E-state index is -0.623. The number of hydrogen-bond donors (Lipinski definition) is 0. The molecule has 0 spiro atoms. The third kappa shape index (κ3) is 0.589. The number of carbonyl (C=O) groups is 1. The van der Waals surface area contributed by atoms with Crippen molar-refractivity contribution >= 4 is 17.6 Å². The van der Waals surface area contributed by atoms with Crippen LogP contribution in [0.15, 0.2) is 0 Å². The van der Waals surface area contributed by atoms with Gasteiger partial charge >= 0.3 is 5.97 Å². The van der Waals surface area contributed by atoms with Crippen LogP contribution in [0, 0.1) is 0 Å². The van der Waals surface area contributed by atoms with E-state index in [2.05, 4.69) is 4.74 Å². The molecule has 1 saturated heterocycles. The summed E-state index contributed by atoms with van der Waals surface area (Å²) in [5, 5.41) is 0. The number of rotatable bonds is 1. The fourth-order valence-electron chi connectivity index (χ4n) is 0.261. The summed E-state index contributed by atoms with van der Waals surface area (Å²) < 4.78 is 4.48. The van der Waals surface area contributed by atoms with E-state index in [4.69, 9.17) is 11.6 Å². The van der Waals surface area contributed by atoms with Crippen LogP contribution in [0.25, 0.3) is 0 Å². The van der Waals surface area contributed by atoms with Crippen molar-refractivity contribution in [3.63, 3.8) is 0 Å². The summed E-state index contributed by atoms with van der Waals surface area (Å²) in [6.45, 7) is 1.67. The Balaban J connectivity index is 2.52. The topological polar surface area (TPSA) is 29.6 Å². The standard InChI is InChI=1S/C4H5ClO2/c1-4(2-5)3(6)7-4/h2H2,1H3. The average molecular weight is 121 g/mol. The molecule has 3 heteroatoms. The van der Waals surface area contributed by atoms with E-state index in [1.54, 1.807) is 6.92 Å². The molecule has 0 aromatic carbocycles. The van der Waals surface area contributed by atoms with Crippen molar-refractivity contribution in [3.8, 4) is 0 Å². The van der Waals surface area contributed by atoms with Crippen LogP contribution in [0.4, 0.5) is 0 Å². The number of alkyl halides is 1. The normalized spacial score (nSPS) is 37.7. The predicted octanol–water partition coefficient (Wildman–Crippen LogP) is 0.541. The summed E-state index contributed by atoms with van der Waals surface area (Å²) in [6, 6.07) is 0. The molecule has 0 saturated carbocycles. The first-order valence-electron chi connectivity index (χ1n) is 1.98. The second kappa shape index (κ2) is 1.13. The molecule has 0 N–H and O–H groups in total. The third-order valence-corrected chi connectivity index (χ3v) is 1.47. The zero-order valence-electron chi connectivity index (χ0n) is 3.90. The Morgan fingerprint density at radius 3 is 2.43 bits per heavy atom. The highest BCUT2D eigenvalue weighted by Crippen LogP contribution is 2.28. The van der Waals surface area contributed by atoms with Crippen LogP contribution in [0.5, 0.6) is 0 Å². The van der Waals surface area contributed by atoms with E-state index < -0.39 is 5.60 Å². The van der Waals surface area contributed by atoms with Crippen LogP contribution in [-0.4, -0.2) is 17.5 Å². The van der Waals surface area contributed by atoms with Gasteiger partial charge in [-0.15, -0.1) is 11.6 Å². The smallest absolute Gasteiger partial charge is 0.352 e. The van der Waals surface area contributed by atoms with E-state index in [-0.39, 0.29) is 11.8 Å². The molecule has 0 radical (unpaired) electrons. The summed E-state index contributed by atoms with van der Waals surface area (Å²) in [5.74, 6) is 0.0775. The summed E-state index contributed by atoms with van der Waals surface area (Å²) in [6.07, 6.45) is 0. The van der Waals surface area contributed by atoms with Gasteiger partial charge in [-0.05, 0) is 6.92 Å². The molecule has 1 unspecified atom stereocenters. The first-order chi connectivity index (χ1) is 3.19. The van der Waals surface area contributed by atoms with Crippen molar-refractivity contribution in [3.05, 3.63) is 0 Å². The van der Waals surface area contributed by atoms with Gasteiger partial charge in [-0.3, -0.25) is 0 Å². The largest absolute Gasteiger partial charge is 0.443 e. The lowest BCUT2D eigenvalue weighted by atomic mass is 10.2. The van der Waals surface area contributed by atoms with Gasteiger partial charge in [0.15, 0.2) is 0 Å². The number of epoxide rings is 1. The molecule has 0 aliphatic carbocycles. The number of cyclic esters (lactones) is 1. The summed E-state index contributed by atoms with van der Waals surface area (Å²) in [7, 11) is 0.